The third kappa shape index (κ3) is 4.91. The van der Waals surface area contributed by atoms with Crippen molar-refractivity contribution in [3.63, 3.8) is 0 Å². The number of benzene rings is 1. The molecule has 1 N–H and O–H groups in total. The van der Waals surface area contributed by atoms with Crippen molar-refractivity contribution >= 4 is 21.6 Å². The quantitative estimate of drug-likeness (QED) is 0.749. The van der Waals surface area contributed by atoms with E-state index in [1.54, 1.807) is 18.2 Å². The summed E-state index contributed by atoms with van der Waals surface area (Å²) in [6, 6.07) is 7.51. The average molecular weight is 448 g/mol. The molecule has 0 bridgehead atoms. The topological polar surface area (TPSA) is 107 Å². The maximum atomic E-state index is 13.0. The maximum Gasteiger partial charge on any atom is 0.251 e. The number of carbonyl (C=O) groups is 1. The lowest BCUT2D eigenvalue weighted by Gasteiger charge is -2.20. The fourth-order valence-corrected chi connectivity index (χ4v) is 5.23. The van der Waals surface area contributed by atoms with Gasteiger partial charge in [-0.2, -0.15) is 4.31 Å². The Kier molecular flexibility index (Phi) is 6.28. The van der Waals surface area contributed by atoms with Crippen LogP contribution in [-0.2, 0) is 21.4 Å². The molecule has 0 spiro atoms. The van der Waals surface area contributed by atoms with E-state index < -0.39 is 21.5 Å². The van der Waals surface area contributed by atoms with Crippen LogP contribution in [0.1, 0.15) is 25.7 Å². The van der Waals surface area contributed by atoms with Gasteiger partial charge in [0.05, 0.1) is 4.90 Å². The summed E-state index contributed by atoms with van der Waals surface area (Å²) in [5, 5.41) is 2.70. The molecule has 2 aliphatic rings. The van der Waals surface area contributed by atoms with Gasteiger partial charge in [-0.1, -0.05) is 12.8 Å². The molecular formula is C21H25N3O6S. The van der Waals surface area contributed by atoms with E-state index in [2.05, 4.69) is 5.32 Å². The summed E-state index contributed by atoms with van der Waals surface area (Å²) >= 11 is 0. The lowest BCUT2D eigenvalue weighted by Crippen LogP contribution is -2.33. The van der Waals surface area contributed by atoms with Crippen LogP contribution in [-0.4, -0.2) is 49.5 Å². The Morgan fingerprint density at radius 3 is 2.42 bits per heavy atom. The molecule has 9 nitrogen and oxygen atoms in total. The Morgan fingerprint density at radius 1 is 0.968 bits per heavy atom. The van der Waals surface area contributed by atoms with Crippen molar-refractivity contribution in [2.75, 3.05) is 31.6 Å². The summed E-state index contributed by atoms with van der Waals surface area (Å²) in [6.07, 6.45) is 4.89. The van der Waals surface area contributed by atoms with Crippen molar-refractivity contribution in [3.05, 3.63) is 46.9 Å². The molecule has 2 aromatic rings. The zero-order valence-electron chi connectivity index (χ0n) is 17.1. The molecule has 0 aliphatic carbocycles. The fourth-order valence-electron chi connectivity index (χ4n) is 3.69. The summed E-state index contributed by atoms with van der Waals surface area (Å²) in [5.74, 6) is 0.682. The van der Waals surface area contributed by atoms with E-state index in [0.29, 0.717) is 43.5 Å². The Bertz CT molecular complexity index is 1120. The third-order valence-electron chi connectivity index (χ3n) is 5.30. The van der Waals surface area contributed by atoms with E-state index >= 15 is 0 Å². The summed E-state index contributed by atoms with van der Waals surface area (Å²) in [6.45, 7) is 1.52. The number of anilines is 1. The molecule has 0 saturated carbocycles. The van der Waals surface area contributed by atoms with Gasteiger partial charge < -0.3 is 19.4 Å². The highest BCUT2D eigenvalue weighted by Crippen LogP contribution is 2.32. The SMILES string of the molecule is O=C(Cn1cc(S(=O)(=O)N2CCCCCC2)ccc1=O)Nc1ccc2c(c1)OCCO2. The summed E-state index contributed by atoms with van der Waals surface area (Å²) in [5.41, 5.74) is 0.0442. The molecule has 1 amide bonds. The van der Waals surface area contributed by atoms with Gasteiger partial charge in [-0.15, -0.1) is 0 Å². The Balaban J connectivity index is 1.49. The molecule has 4 rings (SSSR count). The lowest BCUT2D eigenvalue weighted by atomic mass is 10.2. The van der Waals surface area contributed by atoms with E-state index in [4.69, 9.17) is 9.47 Å². The smallest absolute Gasteiger partial charge is 0.251 e. The molecule has 166 valence electrons. The predicted octanol–water partition coefficient (Wildman–Crippen LogP) is 1.82. The maximum absolute atomic E-state index is 13.0. The Hall–Kier alpha value is -2.85. The first-order valence-electron chi connectivity index (χ1n) is 10.3. The second kappa shape index (κ2) is 9.11. The first-order chi connectivity index (χ1) is 14.9. The normalized spacial score (nSPS) is 17.0. The number of carbonyl (C=O) groups excluding carboxylic acids is 1. The number of ether oxygens (including phenoxy) is 2. The largest absolute Gasteiger partial charge is 0.486 e. The molecule has 1 aromatic carbocycles. The number of rotatable bonds is 5. The highest BCUT2D eigenvalue weighted by Gasteiger charge is 2.26. The minimum atomic E-state index is -3.72. The van der Waals surface area contributed by atoms with E-state index in [1.807, 2.05) is 0 Å². The number of hydrogen-bond acceptors (Lipinski definition) is 6. The van der Waals surface area contributed by atoms with Crippen molar-refractivity contribution in [3.8, 4) is 11.5 Å². The molecule has 2 aliphatic heterocycles. The van der Waals surface area contributed by atoms with Crippen LogP contribution in [0, 0.1) is 0 Å². The van der Waals surface area contributed by atoms with Crippen LogP contribution in [0.4, 0.5) is 5.69 Å². The molecule has 3 heterocycles. The molecule has 0 radical (unpaired) electrons. The van der Waals surface area contributed by atoms with Gasteiger partial charge in [-0.3, -0.25) is 9.59 Å². The molecule has 31 heavy (non-hydrogen) atoms. The molecule has 10 heteroatoms. The van der Waals surface area contributed by atoms with Crippen molar-refractivity contribution < 1.29 is 22.7 Å². The van der Waals surface area contributed by atoms with E-state index in [0.717, 1.165) is 30.3 Å². The molecule has 0 atom stereocenters. The second-order valence-electron chi connectivity index (χ2n) is 7.56. The first-order valence-corrected chi connectivity index (χ1v) is 11.8. The lowest BCUT2D eigenvalue weighted by molar-refractivity contribution is -0.116. The van der Waals surface area contributed by atoms with E-state index in [-0.39, 0.29) is 11.4 Å². The van der Waals surface area contributed by atoms with Gasteiger partial charge in [-0.05, 0) is 31.0 Å². The Labute approximate surface area is 180 Å². The number of sulfonamides is 1. The molecule has 0 unspecified atom stereocenters. The van der Waals surface area contributed by atoms with Crippen molar-refractivity contribution in [1.29, 1.82) is 0 Å². The van der Waals surface area contributed by atoms with Gasteiger partial charge in [0.1, 0.15) is 19.8 Å². The van der Waals surface area contributed by atoms with Crippen LogP contribution in [0.5, 0.6) is 11.5 Å². The summed E-state index contributed by atoms with van der Waals surface area (Å²) in [4.78, 5) is 24.8. The highest BCUT2D eigenvalue weighted by molar-refractivity contribution is 7.89. The Morgan fingerprint density at radius 2 is 1.68 bits per heavy atom. The summed E-state index contributed by atoms with van der Waals surface area (Å²) < 4.78 is 39.5. The minimum Gasteiger partial charge on any atom is -0.486 e. The van der Waals surface area contributed by atoms with Gasteiger partial charge in [0.25, 0.3) is 5.56 Å². The molecule has 1 aromatic heterocycles. The first kappa shape index (κ1) is 21.4. The monoisotopic (exact) mass is 447 g/mol. The van der Waals surface area contributed by atoms with E-state index in [9.17, 15) is 18.0 Å². The van der Waals surface area contributed by atoms with Crippen LogP contribution in [0.2, 0.25) is 0 Å². The molecule has 1 fully saturated rings. The van der Waals surface area contributed by atoms with Crippen LogP contribution in [0.15, 0.2) is 46.2 Å². The number of aromatic nitrogens is 1. The summed E-state index contributed by atoms with van der Waals surface area (Å²) in [7, 11) is -3.72. The van der Waals surface area contributed by atoms with Gasteiger partial charge in [0, 0.05) is 37.1 Å². The van der Waals surface area contributed by atoms with Crippen LogP contribution in [0.25, 0.3) is 0 Å². The second-order valence-corrected chi connectivity index (χ2v) is 9.49. The van der Waals surface area contributed by atoms with Crippen molar-refractivity contribution in [2.24, 2.45) is 0 Å². The molecule has 1 saturated heterocycles. The zero-order chi connectivity index (χ0) is 21.8. The number of fused-ring (bicyclic) bond motifs is 1. The van der Waals surface area contributed by atoms with Gasteiger partial charge >= 0.3 is 0 Å². The van der Waals surface area contributed by atoms with Crippen LogP contribution >= 0.6 is 0 Å². The van der Waals surface area contributed by atoms with Crippen LogP contribution in [0.3, 0.4) is 0 Å². The number of nitrogens with zero attached hydrogens (tertiary/aromatic N) is 2. The third-order valence-corrected chi connectivity index (χ3v) is 7.18. The number of amides is 1. The number of nitrogens with one attached hydrogen (secondary N) is 1. The predicted molar refractivity (Wildman–Crippen MR) is 114 cm³/mol. The van der Waals surface area contributed by atoms with Crippen molar-refractivity contribution in [1.82, 2.24) is 8.87 Å². The van der Waals surface area contributed by atoms with Gasteiger partial charge in [0.2, 0.25) is 15.9 Å². The minimum absolute atomic E-state index is 0.0149. The zero-order valence-corrected chi connectivity index (χ0v) is 17.9. The highest BCUT2D eigenvalue weighted by atomic mass is 32.2. The van der Waals surface area contributed by atoms with Crippen molar-refractivity contribution in [2.45, 2.75) is 37.1 Å². The standard InChI is InChI=1S/C21H25N3O6S/c25-20(22-16-5-7-18-19(13-16)30-12-11-29-18)15-23-14-17(6-8-21(23)26)31(27,28)24-9-3-1-2-4-10-24/h5-8,13-14H,1-4,9-12,15H2,(H,22,25). The van der Waals surface area contributed by atoms with Gasteiger partial charge in [0.15, 0.2) is 11.5 Å². The van der Waals surface area contributed by atoms with Crippen LogP contribution < -0.4 is 20.3 Å². The number of hydrogen-bond donors (Lipinski definition) is 1. The average Bonchev–Trinajstić information content (AvgIpc) is 3.05. The number of pyridine rings is 1. The fraction of sp³-hybridized carbons (Fsp3) is 0.429. The molecular weight excluding hydrogens is 422 g/mol. The van der Waals surface area contributed by atoms with Gasteiger partial charge in [-0.25, -0.2) is 8.42 Å². The van der Waals surface area contributed by atoms with E-state index in [1.165, 1.54) is 22.6 Å².